The number of hydrogen-bond acceptors (Lipinski definition) is 4. The average Bonchev–Trinajstić information content (AvgIpc) is 2.84. The van der Waals surface area contributed by atoms with Crippen LogP contribution in [0, 0.1) is 5.92 Å². The standard InChI is InChI=1S/C19H23BrN2O3/c1-18(2,3)25-16(23)13-8-10-19(11-9-13)17(24)21-15(22-19)12-4-6-14(20)7-5-12/h4-7,13H,8-11H2,1-3H3,(H,21,22,24). The molecule has 0 aromatic heterocycles. The molecular weight excluding hydrogens is 384 g/mol. The minimum Gasteiger partial charge on any atom is -0.460 e. The van der Waals surface area contributed by atoms with Gasteiger partial charge in [0.25, 0.3) is 5.91 Å². The highest BCUT2D eigenvalue weighted by atomic mass is 79.9. The molecule has 0 unspecified atom stereocenters. The van der Waals surface area contributed by atoms with Gasteiger partial charge in [0.15, 0.2) is 0 Å². The van der Waals surface area contributed by atoms with Gasteiger partial charge < -0.3 is 10.1 Å². The molecule has 0 atom stereocenters. The van der Waals surface area contributed by atoms with Gasteiger partial charge in [0.05, 0.1) is 5.92 Å². The van der Waals surface area contributed by atoms with Gasteiger partial charge in [-0.15, -0.1) is 0 Å². The third-order valence-corrected chi connectivity index (χ3v) is 5.18. The Morgan fingerprint density at radius 2 is 1.84 bits per heavy atom. The lowest BCUT2D eigenvalue weighted by Crippen LogP contribution is -2.44. The number of rotatable bonds is 2. The molecule has 6 heteroatoms. The zero-order chi connectivity index (χ0) is 18.2. The van der Waals surface area contributed by atoms with Crippen molar-refractivity contribution < 1.29 is 14.3 Å². The van der Waals surface area contributed by atoms with E-state index in [0.717, 1.165) is 10.0 Å². The summed E-state index contributed by atoms with van der Waals surface area (Å²) in [6, 6.07) is 7.70. The zero-order valence-electron chi connectivity index (χ0n) is 14.8. The lowest BCUT2D eigenvalue weighted by molar-refractivity contribution is -0.161. The fourth-order valence-electron chi connectivity index (χ4n) is 3.32. The SMILES string of the molecule is CC(C)(C)OC(=O)C1CCC2(CC1)N=C(c1ccc(Br)cc1)NC2=O. The van der Waals surface area contributed by atoms with Crippen LogP contribution >= 0.6 is 15.9 Å². The van der Waals surface area contributed by atoms with Crippen LogP contribution in [0.4, 0.5) is 0 Å². The molecule has 1 aromatic carbocycles. The average molecular weight is 407 g/mol. The summed E-state index contributed by atoms with van der Waals surface area (Å²) in [5.74, 6) is 0.240. The van der Waals surface area contributed by atoms with Crippen molar-refractivity contribution in [1.29, 1.82) is 0 Å². The number of amides is 1. The molecule has 1 amide bonds. The second-order valence-electron chi connectivity index (χ2n) is 7.76. The topological polar surface area (TPSA) is 67.8 Å². The van der Waals surface area contributed by atoms with E-state index >= 15 is 0 Å². The number of benzene rings is 1. The number of nitrogens with one attached hydrogen (secondary N) is 1. The number of amidine groups is 1. The Kier molecular flexibility index (Phi) is 4.75. The molecule has 134 valence electrons. The van der Waals surface area contributed by atoms with Gasteiger partial charge in [0.1, 0.15) is 17.0 Å². The number of halogens is 1. The van der Waals surface area contributed by atoms with Gasteiger partial charge in [-0.2, -0.15) is 0 Å². The van der Waals surface area contributed by atoms with E-state index in [-0.39, 0.29) is 17.8 Å². The third kappa shape index (κ3) is 3.94. The van der Waals surface area contributed by atoms with Gasteiger partial charge in [-0.05, 0) is 58.6 Å². The van der Waals surface area contributed by atoms with E-state index in [2.05, 4.69) is 21.2 Å². The molecule has 0 bridgehead atoms. The summed E-state index contributed by atoms with van der Waals surface area (Å²) in [6.45, 7) is 5.61. The van der Waals surface area contributed by atoms with Crippen LogP contribution in [0.3, 0.4) is 0 Å². The number of aliphatic imine (C=N–C) groups is 1. The second-order valence-corrected chi connectivity index (χ2v) is 8.68. The quantitative estimate of drug-likeness (QED) is 0.762. The number of ether oxygens (including phenoxy) is 1. The van der Waals surface area contributed by atoms with Crippen LogP contribution in [0.15, 0.2) is 33.7 Å². The van der Waals surface area contributed by atoms with Gasteiger partial charge in [0.2, 0.25) is 0 Å². The summed E-state index contributed by atoms with van der Waals surface area (Å²) in [5.41, 5.74) is -0.326. The highest BCUT2D eigenvalue weighted by molar-refractivity contribution is 9.10. The molecule has 0 radical (unpaired) electrons. The van der Waals surface area contributed by atoms with E-state index in [1.54, 1.807) is 0 Å². The maximum Gasteiger partial charge on any atom is 0.309 e. The molecule has 1 aliphatic heterocycles. The molecule has 1 aliphatic carbocycles. The first-order valence-electron chi connectivity index (χ1n) is 8.59. The lowest BCUT2D eigenvalue weighted by atomic mass is 9.76. The van der Waals surface area contributed by atoms with Crippen LogP contribution in [0.25, 0.3) is 0 Å². The molecule has 25 heavy (non-hydrogen) atoms. The van der Waals surface area contributed by atoms with Crippen molar-refractivity contribution in [2.75, 3.05) is 0 Å². The molecule has 0 saturated heterocycles. The van der Waals surface area contributed by atoms with E-state index in [9.17, 15) is 9.59 Å². The smallest absolute Gasteiger partial charge is 0.309 e. The van der Waals surface area contributed by atoms with Gasteiger partial charge in [-0.3, -0.25) is 14.6 Å². The molecule has 5 nitrogen and oxygen atoms in total. The highest BCUT2D eigenvalue weighted by Crippen LogP contribution is 2.38. The van der Waals surface area contributed by atoms with Crippen molar-refractivity contribution in [2.45, 2.75) is 57.6 Å². The summed E-state index contributed by atoms with van der Waals surface area (Å²) in [7, 11) is 0. The maximum atomic E-state index is 12.6. The van der Waals surface area contributed by atoms with Gasteiger partial charge in [-0.1, -0.05) is 28.1 Å². The van der Waals surface area contributed by atoms with Crippen molar-refractivity contribution in [3.8, 4) is 0 Å². The summed E-state index contributed by atoms with van der Waals surface area (Å²) in [5, 5.41) is 2.91. The molecule has 1 saturated carbocycles. The maximum absolute atomic E-state index is 12.6. The van der Waals surface area contributed by atoms with Crippen LogP contribution in [-0.2, 0) is 14.3 Å². The van der Waals surface area contributed by atoms with Crippen molar-refractivity contribution in [1.82, 2.24) is 5.32 Å². The molecule has 1 spiro atoms. The van der Waals surface area contributed by atoms with Crippen molar-refractivity contribution in [3.63, 3.8) is 0 Å². The fraction of sp³-hybridized carbons (Fsp3) is 0.526. The number of carbonyl (C=O) groups excluding carboxylic acids is 2. The first-order valence-corrected chi connectivity index (χ1v) is 9.38. The zero-order valence-corrected chi connectivity index (χ0v) is 16.4. The van der Waals surface area contributed by atoms with Crippen LogP contribution in [0.5, 0.6) is 0 Å². The van der Waals surface area contributed by atoms with Crippen molar-refractivity contribution in [2.24, 2.45) is 10.9 Å². The summed E-state index contributed by atoms with van der Waals surface area (Å²) in [4.78, 5) is 29.5. The third-order valence-electron chi connectivity index (χ3n) is 4.65. The van der Waals surface area contributed by atoms with E-state index < -0.39 is 11.1 Å². The van der Waals surface area contributed by atoms with E-state index in [1.165, 1.54) is 0 Å². The Morgan fingerprint density at radius 3 is 2.40 bits per heavy atom. The van der Waals surface area contributed by atoms with E-state index in [4.69, 9.17) is 9.73 Å². The molecule has 2 aliphatic rings. The minimum atomic E-state index is -0.735. The van der Waals surface area contributed by atoms with E-state index in [1.807, 2.05) is 45.0 Å². The first-order chi connectivity index (χ1) is 11.7. The fourth-order valence-corrected chi connectivity index (χ4v) is 3.58. The largest absolute Gasteiger partial charge is 0.460 e. The highest BCUT2D eigenvalue weighted by Gasteiger charge is 2.47. The van der Waals surface area contributed by atoms with Gasteiger partial charge in [0, 0.05) is 10.0 Å². The van der Waals surface area contributed by atoms with Crippen LogP contribution < -0.4 is 5.32 Å². The van der Waals surface area contributed by atoms with Crippen LogP contribution in [0.1, 0.15) is 52.0 Å². The summed E-state index contributed by atoms with van der Waals surface area (Å²) < 4.78 is 6.46. The Balaban J connectivity index is 1.70. The number of carbonyl (C=O) groups is 2. The molecule has 1 aromatic rings. The van der Waals surface area contributed by atoms with Gasteiger partial charge in [-0.25, -0.2) is 0 Å². The van der Waals surface area contributed by atoms with Crippen molar-refractivity contribution in [3.05, 3.63) is 34.3 Å². The molecule has 1 N–H and O–H groups in total. The number of hydrogen-bond donors (Lipinski definition) is 1. The van der Waals surface area contributed by atoms with Crippen LogP contribution in [0.2, 0.25) is 0 Å². The number of esters is 1. The van der Waals surface area contributed by atoms with Gasteiger partial charge >= 0.3 is 5.97 Å². The molecule has 3 rings (SSSR count). The molecule has 1 fully saturated rings. The summed E-state index contributed by atoms with van der Waals surface area (Å²) >= 11 is 3.41. The first kappa shape index (κ1) is 18.1. The lowest BCUT2D eigenvalue weighted by Gasteiger charge is -2.33. The molecule has 1 heterocycles. The normalized spacial score (nSPS) is 26.3. The molecular formula is C19H23BrN2O3. The Labute approximate surface area is 156 Å². The number of nitrogens with zero attached hydrogens (tertiary/aromatic N) is 1. The minimum absolute atomic E-state index is 0.0620. The predicted molar refractivity (Wildman–Crippen MR) is 99.4 cm³/mol. The van der Waals surface area contributed by atoms with E-state index in [0.29, 0.717) is 31.5 Å². The Morgan fingerprint density at radius 1 is 1.24 bits per heavy atom. The van der Waals surface area contributed by atoms with Crippen molar-refractivity contribution >= 4 is 33.6 Å². The predicted octanol–water partition coefficient (Wildman–Crippen LogP) is 3.60. The van der Waals surface area contributed by atoms with Crippen LogP contribution in [-0.4, -0.2) is 28.9 Å². The Hall–Kier alpha value is -1.69. The summed E-state index contributed by atoms with van der Waals surface area (Å²) in [6.07, 6.45) is 2.39. The second kappa shape index (κ2) is 6.56. The Bertz CT molecular complexity index is 711. The monoisotopic (exact) mass is 406 g/mol.